The van der Waals surface area contributed by atoms with Gasteiger partial charge in [0.25, 0.3) is 11.8 Å². The summed E-state index contributed by atoms with van der Waals surface area (Å²) in [6.07, 6.45) is 1.66. The molecule has 0 aliphatic rings. The number of rotatable bonds is 11. The maximum atomic E-state index is 13.6. The van der Waals surface area contributed by atoms with E-state index in [-0.39, 0.29) is 11.6 Å². The second-order valence-corrected chi connectivity index (χ2v) is 12.1. The first-order valence-electron chi connectivity index (χ1n) is 14.7. The molecular formula is C38H32ClN3O4S. The topological polar surface area (TPSA) is 96.5 Å². The van der Waals surface area contributed by atoms with Crippen LogP contribution in [0.15, 0.2) is 138 Å². The minimum absolute atomic E-state index is 0.101. The highest BCUT2D eigenvalue weighted by Crippen LogP contribution is 2.38. The van der Waals surface area contributed by atoms with Gasteiger partial charge in [0.2, 0.25) is 5.91 Å². The Balaban J connectivity index is 1.34. The summed E-state index contributed by atoms with van der Waals surface area (Å²) in [4.78, 5) is 40.9. The van der Waals surface area contributed by atoms with Crippen LogP contribution in [0.3, 0.4) is 0 Å². The highest BCUT2D eigenvalue weighted by atomic mass is 35.5. The Kier molecular flexibility index (Phi) is 11.1. The van der Waals surface area contributed by atoms with Crippen LogP contribution in [-0.2, 0) is 9.59 Å². The summed E-state index contributed by atoms with van der Waals surface area (Å²) >= 11 is 7.55. The predicted octanol–water partition coefficient (Wildman–Crippen LogP) is 8.54. The van der Waals surface area contributed by atoms with Crippen LogP contribution in [0.25, 0.3) is 6.08 Å². The number of thioether (sulfide) groups is 1. The number of halogens is 1. The Hall–Kier alpha value is -5.31. The molecule has 1 atom stereocenters. The lowest BCUT2D eigenvalue weighted by molar-refractivity contribution is -0.116. The van der Waals surface area contributed by atoms with E-state index in [1.807, 2.05) is 79.7 Å². The van der Waals surface area contributed by atoms with Gasteiger partial charge in [0, 0.05) is 21.2 Å². The van der Waals surface area contributed by atoms with Gasteiger partial charge in [-0.05, 0) is 84.3 Å². The van der Waals surface area contributed by atoms with E-state index in [0.717, 1.165) is 21.6 Å². The molecule has 47 heavy (non-hydrogen) atoms. The maximum Gasteiger partial charge on any atom is 0.272 e. The summed E-state index contributed by atoms with van der Waals surface area (Å²) in [5.74, 6) is -0.627. The zero-order valence-electron chi connectivity index (χ0n) is 25.7. The molecule has 3 N–H and O–H groups in total. The fourth-order valence-electron chi connectivity index (χ4n) is 4.67. The van der Waals surface area contributed by atoms with Crippen LogP contribution in [0.1, 0.15) is 32.3 Å². The van der Waals surface area contributed by atoms with Gasteiger partial charge in [0.05, 0.1) is 12.8 Å². The fraction of sp³-hybridized carbons (Fsp3) is 0.0789. The minimum atomic E-state index is -0.600. The molecule has 3 amide bonds. The Morgan fingerprint density at radius 1 is 0.787 bits per heavy atom. The summed E-state index contributed by atoms with van der Waals surface area (Å²) in [7, 11) is 1.53. The molecule has 5 aromatic rings. The lowest BCUT2D eigenvalue weighted by atomic mass is 10.1. The lowest BCUT2D eigenvalue weighted by Crippen LogP contribution is -2.30. The van der Waals surface area contributed by atoms with Crippen LogP contribution in [-0.4, -0.2) is 24.8 Å². The molecular weight excluding hydrogens is 630 g/mol. The van der Waals surface area contributed by atoms with Gasteiger partial charge in [0.1, 0.15) is 16.7 Å². The molecule has 0 spiro atoms. The second kappa shape index (κ2) is 15.8. The molecule has 0 saturated heterocycles. The van der Waals surface area contributed by atoms with E-state index in [9.17, 15) is 14.4 Å². The number of carbonyl (C=O) groups is 3. The number of aryl methyl sites for hydroxylation is 1. The normalized spacial score (nSPS) is 11.7. The van der Waals surface area contributed by atoms with Crippen molar-refractivity contribution in [3.05, 3.63) is 160 Å². The second-order valence-electron chi connectivity index (χ2n) is 10.5. The Morgan fingerprint density at radius 3 is 2.13 bits per heavy atom. The van der Waals surface area contributed by atoms with Crippen molar-refractivity contribution in [2.45, 2.75) is 17.1 Å². The Morgan fingerprint density at radius 2 is 1.45 bits per heavy atom. The van der Waals surface area contributed by atoms with Gasteiger partial charge in [0.15, 0.2) is 0 Å². The summed E-state index contributed by atoms with van der Waals surface area (Å²) in [5.41, 5.74) is 4.10. The van der Waals surface area contributed by atoms with Gasteiger partial charge in [-0.2, -0.15) is 0 Å². The van der Waals surface area contributed by atoms with Gasteiger partial charge in [-0.25, -0.2) is 0 Å². The molecule has 0 bridgehead atoms. The predicted molar refractivity (Wildman–Crippen MR) is 190 cm³/mol. The number of nitrogens with one attached hydrogen (secondary N) is 3. The van der Waals surface area contributed by atoms with Crippen molar-refractivity contribution in [3.63, 3.8) is 0 Å². The van der Waals surface area contributed by atoms with Crippen LogP contribution in [0, 0.1) is 6.92 Å². The lowest BCUT2D eigenvalue weighted by Gasteiger charge is -2.19. The number of amides is 3. The number of anilines is 2. The van der Waals surface area contributed by atoms with E-state index in [0.29, 0.717) is 27.7 Å². The number of carbonyl (C=O) groups excluding carboxylic acids is 3. The van der Waals surface area contributed by atoms with E-state index in [4.69, 9.17) is 16.3 Å². The van der Waals surface area contributed by atoms with Crippen molar-refractivity contribution in [1.29, 1.82) is 0 Å². The van der Waals surface area contributed by atoms with Gasteiger partial charge in [-0.1, -0.05) is 84.4 Å². The van der Waals surface area contributed by atoms with Gasteiger partial charge in [-0.3, -0.25) is 14.4 Å². The van der Waals surface area contributed by atoms with Crippen molar-refractivity contribution in [2.75, 3.05) is 17.7 Å². The third-order valence-electron chi connectivity index (χ3n) is 7.14. The first-order valence-corrected chi connectivity index (χ1v) is 16.0. The molecule has 0 fully saturated rings. The summed E-state index contributed by atoms with van der Waals surface area (Å²) in [6.45, 7) is 1.94. The van der Waals surface area contributed by atoms with E-state index in [1.54, 1.807) is 60.7 Å². The molecule has 5 aromatic carbocycles. The standard InChI is InChI=1S/C38H32ClN3O4S/c1-25-11-9-10-16-28(25)23-33(42-36(43)27-14-7-4-8-15-27)37(44)40-30-18-20-31(21-19-30)47-35(26-12-5-3-6-13-26)38(45)41-32-24-29(39)17-22-34(32)46-2/h3-24,35H,1-2H3,(H,40,44)(H,41,45)(H,42,43)/b33-23-. The largest absolute Gasteiger partial charge is 0.495 e. The van der Waals surface area contributed by atoms with Crippen molar-refractivity contribution >= 4 is 58.5 Å². The van der Waals surface area contributed by atoms with Gasteiger partial charge < -0.3 is 20.7 Å². The van der Waals surface area contributed by atoms with Gasteiger partial charge in [-0.15, -0.1) is 11.8 Å². The van der Waals surface area contributed by atoms with Crippen LogP contribution >= 0.6 is 23.4 Å². The molecule has 7 nitrogen and oxygen atoms in total. The molecule has 0 aromatic heterocycles. The molecule has 236 valence electrons. The molecule has 0 heterocycles. The van der Waals surface area contributed by atoms with E-state index in [2.05, 4.69) is 16.0 Å². The molecule has 0 radical (unpaired) electrons. The monoisotopic (exact) mass is 661 g/mol. The average molecular weight is 662 g/mol. The molecule has 9 heteroatoms. The van der Waals surface area contributed by atoms with Crippen LogP contribution in [0.5, 0.6) is 5.75 Å². The molecule has 0 saturated carbocycles. The fourth-order valence-corrected chi connectivity index (χ4v) is 5.87. The summed E-state index contributed by atoms with van der Waals surface area (Å²) in [6, 6.07) is 38.0. The van der Waals surface area contributed by atoms with E-state index >= 15 is 0 Å². The van der Waals surface area contributed by atoms with Crippen LogP contribution < -0.4 is 20.7 Å². The third kappa shape index (κ3) is 8.91. The third-order valence-corrected chi connectivity index (χ3v) is 8.64. The highest BCUT2D eigenvalue weighted by molar-refractivity contribution is 8.00. The Bertz CT molecular complexity index is 1900. The van der Waals surface area contributed by atoms with Crippen molar-refractivity contribution < 1.29 is 19.1 Å². The first-order chi connectivity index (χ1) is 22.8. The number of ether oxygens (including phenoxy) is 1. The smallest absolute Gasteiger partial charge is 0.272 e. The number of benzene rings is 5. The first kappa shape index (κ1) is 33.1. The zero-order valence-corrected chi connectivity index (χ0v) is 27.3. The molecule has 0 aliphatic heterocycles. The number of hydrogen-bond donors (Lipinski definition) is 3. The average Bonchev–Trinajstić information content (AvgIpc) is 3.09. The Labute approximate surface area is 283 Å². The van der Waals surface area contributed by atoms with E-state index < -0.39 is 17.1 Å². The summed E-state index contributed by atoms with van der Waals surface area (Å²) < 4.78 is 5.41. The van der Waals surface area contributed by atoms with Gasteiger partial charge >= 0.3 is 0 Å². The number of hydrogen-bond acceptors (Lipinski definition) is 5. The van der Waals surface area contributed by atoms with Crippen molar-refractivity contribution in [3.8, 4) is 5.75 Å². The van der Waals surface area contributed by atoms with Crippen molar-refractivity contribution in [2.24, 2.45) is 0 Å². The quantitative estimate of drug-likeness (QED) is 0.0974. The minimum Gasteiger partial charge on any atom is -0.495 e. The molecule has 5 rings (SSSR count). The van der Waals surface area contributed by atoms with Crippen LogP contribution in [0.2, 0.25) is 5.02 Å². The number of methoxy groups -OCH3 is 1. The van der Waals surface area contributed by atoms with E-state index in [1.165, 1.54) is 18.9 Å². The maximum absolute atomic E-state index is 13.6. The summed E-state index contributed by atoms with van der Waals surface area (Å²) in [5, 5.41) is 8.49. The molecule has 1 unspecified atom stereocenters. The zero-order chi connectivity index (χ0) is 33.2. The van der Waals surface area contributed by atoms with Crippen LogP contribution in [0.4, 0.5) is 11.4 Å². The highest BCUT2D eigenvalue weighted by Gasteiger charge is 2.24. The SMILES string of the molecule is COc1ccc(Cl)cc1NC(=O)C(Sc1ccc(NC(=O)/C(=C/c2ccccc2C)NC(=O)c2ccccc2)cc1)c1ccccc1. The molecule has 0 aliphatic carbocycles. The van der Waals surface area contributed by atoms with Crippen molar-refractivity contribution in [1.82, 2.24) is 5.32 Å².